The van der Waals surface area contributed by atoms with Gasteiger partial charge in [0.05, 0.1) is 55.4 Å². The normalized spacial score (nSPS) is 22.6. The average Bonchev–Trinajstić information content (AvgIpc) is 3.97. The summed E-state index contributed by atoms with van der Waals surface area (Å²) in [5.41, 5.74) is 2.92. The van der Waals surface area contributed by atoms with Crippen molar-refractivity contribution in [2.75, 3.05) is 34.9 Å². The van der Waals surface area contributed by atoms with Crippen LogP contribution in [0.25, 0.3) is 0 Å². The van der Waals surface area contributed by atoms with E-state index < -0.39 is 44.4 Å². The Morgan fingerprint density at radius 3 is 1.95 bits per heavy atom. The third kappa shape index (κ3) is 11.5. The van der Waals surface area contributed by atoms with E-state index in [2.05, 4.69) is 73.7 Å². The van der Waals surface area contributed by atoms with Crippen LogP contribution in [0.15, 0.2) is 66.7 Å². The van der Waals surface area contributed by atoms with Gasteiger partial charge in [0, 0.05) is 39.2 Å². The molecule has 2 aliphatic heterocycles. The molecule has 0 saturated carbocycles. The van der Waals surface area contributed by atoms with E-state index in [4.69, 9.17) is 47.1 Å². The predicted octanol–water partition coefficient (Wildman–Crippen LogP) is 10.6. The van der Waals surface area contributed by atoms with Crippen LogP contribution in [0.2, 0.25) is 18.1 Å². The molecule has 12 heteroatoms. The molecule has 2 fully saturated rings. The third-order valence-corrected chi connectivity index (χ3v) is 17.0. The second kappa shape index (κ2) is 21.9. The number of hydrogen-bond acceptors (Lipinski definition) is 11. The zero-order valence-corrected chi connectivity index (χ0v) is 39.7. The van der Waals surface area contributed by atoms with E-state index in [0.717, 1.165) is 24.0 Å². The van der Waals surface area contributed by atoms with Crippen LogP contribution in [0, 0.1) is 11.8 Å². The van der Waals surface area contributed by atoms with Crippen LogP contribution in [-0.4, -0.2) is 79.2 Å². The number of ether oxygens (including phenoxy) is 9. The fraction of sp³-hybridized carbons (Fsp3) is 0.612. The van der Waals surface area contributed by atoms with Crippen LogP contribution in [0.3, 0.4) is 0 Å². The molecule has 0 bridgehead atoms. The highest BCUT2D eigenvalue weighted by molar-refractivity contribution is 6.74. The fourth-order valence-corrected chi connectivity index (χ4v) is 9.10. The maximum absolute atomic E-state index is 15.7. The first-order valence-corrected chi connectivity index (χ1v) is 24.9. The highest BCUT2D eigenvalue weighted by atomic mass is 28.4. The number of carbonyl (C=O) groups excluding carboxylic acids is 1. The minimum atomic E-state index is -2.32. The van der Waals surface area contributed by atoms with Gasteiger partial charge in [-0.25, -0.2) is 0 Å². The van der Waals surface area contributed by atoms with Gasteiger partial charge in [0.2, 0.25) is 0 Å². The van der Waals surface area contributed by atoms with Crippen molar-refractivity contribution < 1.29 is 51.9 Å². The number of methoxy groups -OCH3 is 3. The van der Waals surface area contributed by atoms with E-state index in [1.54, 1.807) is 21.3 Å². The number of benzene rings is 3. The summed E-state index contributed by atoms with van der Waals surface area (Å²) in [7, 11) is 2.49. The van der Waals surface area contributed by atoms with Crippen molar-refractivity contribution in [1.82, 2.24) is 0 Å². The Hall–Kier alpha value is -3.17. The van der Waals surface area contributed by atoms with Crippen molar-refractivity contribution in [3.8, 4) is 11.5 Å². The Morgan fingerprint density at radius 1 is 0.852 bits per heavy atom. The lowest BCUT2D eigenvalue weighted by Gasteiger charge is -2.43. The molecular weight excluding hydrogens is 793 g/mol. The summed E-state index contributed by atoms with van der Waals surface area (Å²) in [6.45, 7) is 20.0. The summed E-state index contributed by atoms with van der Waals surface area (Å²) in [5.74, 6) is 0.138. The number of carbonyl (C=O) groups is 1. The zero-order chi connectivity index (χ0) is 44.4. The highest BCUT2D eigenvalue weighted by Gasteiger charge is 2.70. The highest BCUT2D eigenvalue weighted by Crippen LogP contribution is 2.54. The monoisotopic (exact) mass is 864 g/mol. The molecule has 3 aromatic rings. The Bertz CT molecular complexity index is 1760. The molecule has 61 heavy (non-hydrogen) atoms. The molecule has 0 aliphatic carbocycles. The molecule has 2 aliphatic rings. The van der Waals surface area contributed by atoms with Crippen molar-refractivity contribution in [2.45, 2.75) is 148 Å². The summed E-state index contributed by atoms with van der Waals surface area (Å²) >= 11 is 0. The number of Topliss-reactive ketones (excluding diaryl/α,β-unsaturated/α-hetero) is 1. The van der Waals surface area contributed by atoms with Crippen molar-refractivity contribution in [3.05, 3.63) is 94.5 Å². The van der Waals surface area contributed by atoms with Crippen LogP contribution < -0.4 is 9.47 Å². The van der Waals surface area contributed by atoms with E-state index in [1.165, 1.54) is 0 Å². The Kier molecular flexibility index (Phi) is 17.6. The maximum Gasteiger partial charge on any atom is 0.192 e. The molecule has 0 amide bonds. The zero-order valence-electron chi connectivity index (χ0n) is 38.7. The summed E-state index contributed by atoms with van der Waals surface area (Å²) in [4.78, 5) is 15.7. The first kappa shape index (κ1) is 48.9. The standard InChI is InChI=1S/C49H72O11Si/c1-13-21-36(40-27-42(54-28-34-22-17-15-18-23-34)49(41(14-2)60-49)47(59-40)55-29-35-24-19-16-20-25-35)43(50)37-26-38(44(53-10)33(3)4)46(57-32-52-9)39(45(37)56-31-51-8)30-58-61(11,12)48(5,6)7/h15-20,22-26,33,36,40-42,44,47H,13-14,21,27-32H2,1-12H3/t36-,40+,41-,42+,44-,47+,49-/m1/s1. The molecule has 0 radical (unpaired) electrons. The minimum absolute atomic E-state index is 0.0251. The Morgan fingerprint density at radius 2 is 1.44 bits per heavy atom. The second-order valence-electron chi connectivity index (χ2n) is 18.2. The largest absolute Gasteiger partial charge is 0.467 e. The van der Waals surface area contributed by atoms with E-state index in [0.29, 0.717) is 54.2 Å². The average molecular weight is 865 g/mol. The lowest BCUT2D eigenvalue weighted by atomic mass is 9.79. The molecule has 2 heterocycles. The van der Waals surface area contributed by atoms with Gasteiger partial charge in [-0.3, -0.25) is 4.79 Å². The summed E-state index contributed by atoms with van der Waals surface area (Å²) in [6, 6.07) is 22.0. The lowest BCUT2D eigenvalue weighted by Crippen LogP contribution is -2.56. The number of ketones is 1. The van der Waals surface area contributed by atoms with Crippen molar-refractivity contribution >= 4 is 14.1 Å². The van der Waals surface area contributed by atoms with Crippen LogP contribution in [-0.2, 0) is 57.4 Å². The first-order chi connectivity index (χ1) is 29.2. The topological polar surface area (TPSA) is 113 Å². The first-order valence-electron chi connectivity index (χ1n) is 22.0. The summed E-state index contributed by atoms with van der Waals surface area (Å²) in [5, 5.41) is -0.0838. The summed E-state index contributed by atoms with van der Waals surface area (Å²) in [6.07, 6.45) is 0.110. The molecule has 0 N–H and O–H groups in total. The van der Waals surface area contributed by atoms with Gasteiger partial charge in [-0.05, 0) is 54.1 Å². The van der Waals surface area contributed by atoms with Gasteiger partial charge < -0.3 is 47.1 Å². The van der Waals surface area contributed by atoms with E-state index in [1.807, 2.05) is 54.6 Å². The maximum atomic E-state index is 15.7. The third-order valence-electron chi connectivity index (χ3n) is 12.5. The summed E-state index contributed by atoms with van der Waals surface area (Å²) < 4.78 is 64.0. The smallest absolute Gasteiger partial charge is 0.192 e. The Balaban J connectivity index is 1.65. The van der Waals surface area contributed by atoms with Gasteiger partial charge in [0.15, 0.2) is 39.6 Å². The molecule has 3 aromatic carbocycles. The molecule has 11 nitrogen and oxygen atoms in total. The second-order valence-corrected chi connectivity index (χ2v) is 23.0. The van der Waals surface area contributed by atoms with Gasteiger partial charge in [0.1, 0.15) is 11.5 Å². The lowest BCUT2D eigenvalue weighted by molar-refractivity contribution is -0.271. The molecule has 2 saturated heterocycles. The molecule has 0 aromatic heterocycles. The molecule has 5 rings (SSSR count). The molecule has 0 unspecified atom stereocenters. The van der Waals surface area contributed by atoms with E-state index in [9.17, 15) is 0 Å². The number of hydrogen-bond donors (Lipinski definition) is 0. The minimum Gasteiger partial charge on any atom is -0.467 e. The van der Waals surface area contributed by atoms with Gasteiger partial charge >= 0.3 is 0 Å². The van der Waals surface area contributed by atoms with E-state index in [-0.39, 0.29) is 43.0 Å². The van der Waals surface area contributed by atoms with Crippen LogP contribution in [0.5, 0.6) is 11.5 Å². The molecule has 7 atom stereocenters. The van der Waals surface area contributed by atoms with Crippen LogP contribution >= 0.6 is 0 Å². The van der Waals surface area contributed by atoms with Crippen molar-refractivity contribution in [1.29, 1.82) is 0 Å². The van der Waals surface area contributed by atoms with Gasteiger partial charge in [0.25, 0.3) is 0 Å². The molecule has 1 spiro atoms. The quantitative estimate of drug-likeness (QED) is 0.0371. The van der Waals surface area contributed by atoms with E-state index >= 15 is 4.79 Å². The van der Waals surface area contributed by atoms with Gasteiger partial charge in [-0.2, -0.15) is 0 Å². The molecular formula is C49H72O11Si. The SMILES string of the molecule is CCC[C@@H](C(=O)c1cc([C@H](OC)C(C)C)c(OCOC)c(CO[Si](C)(C)C(C)(C)C)c1OCOC)[C@@H]1C[C@H](OCc2ccccc2)[C@@]2(O[C@@H]2CC)[C@@H](OCc2ccccc2)O1. The van der Waals surface area contributed by atoms with Crippen LogP contribution in [0.1, 0.15) is 113 Å². The predicted molar refractivity (Wildman–Crippen MR) is 238 cm³/mol. The number of rotatable bonds is 24. The Labute approximate surface area is 366 Å². The fourth-order valence-electron chi connectivity index (χ4n) is 8.16. The van der Waals surface area contributed by atoms with Gasteiger partial charge in [-0.15, -0.1) is 0 Å². The van der Waals surface area contributed by atoms with Gasteiger partial charge in [-0.1, -0.05) is 116 Å². The van der Waals surface area contributed by atoms with Crippen molar-refractivity contribution in [3.63, 3.8) is 0 Å². The molecule has 338 valence electrons. The van der Waals surface area contributed by atoms with Crippen LogP contribution in [0.4, 0.5) is 0 Å². The van der Waals surface area contributed by atoms with Crippen molar-refractivity contribution in [2.24, 2.45) is 11.8 Å². The number of epoxide rings is 1.